The Bertz CT molecular complexity index is 892. The van der Waals surface area contributed by atoms with Crippen LogP contribution in [0.15, 0.2) is 59.0 Å². The van der Waals surface area contributed by atoms with Crippen LogP contribution in [-0.2, 0) is 13.1 Å². The maximum atomic E-state index is 6.00. The van der Waals surface area contributed by atoms with Gasteiger partial charge in [0.25, 0.3) is 0 Å². The fourth-order valence-electron chi connectivity index (χ4n) is 3.68. The van der Waals surface area contributed by atoms with E-state index in [0.29, 0.717) is 5.89 Å². The van der Waals surface area contributed by atoms with Gasteiger partial charge < -0.3 is 4.42 Å². The van der Waals surface area contributed by atoms with Gasteiger partial charge in [-0.25, -0.2) is 4.98 Å². The van der Waals surface area contributed by atoms with Crippen LogP contribution in [0.2, 0.25) is 5.02 Å². The van der Waals surface area contributed by atoms with Crippen LogP contribution in [0.1, 0.15) is 23.4 Å². The second-order valence-electron chi connectivity index (χ2n) is 7.42. The molecule has 0 radical (unpaired) electrons. The van der Waals surface area contributed by atoms with Crippen LogP contribution in [0.3, 0.4) is 0 Å². The predicted octanol–water partition coefficient (Wildman–Crippen LogP) is 5.01. The molecule has 0 bridgehead atoms. The summed E-state index contributed by atoms with van der Waals surface area (Å²) in [5.41, 5.74) is 3.39. The van der Waals surface area contributed by atoms with Crippen molar-refractivity contribution in [3.8, 4) is 11.5 Å². The van der Waals surface area contributed by atoms with Gasteiger partial charge in [0, 0.05) is 36.8 Å². The summed E-state index contributed by atoms with van der Waals surface area (Å²) >= 11 is 6.00. The monoisotopic (exact) mass is 395 g/mol. The van der Waals surface area contributed by atoms with Gasteiger partial charge in [-0.1, -0.05) is 41.9 Å². The molecule has 4 rings (SSSR count). The molecule has 146 valence electrons. The first-order valence-corrected chi connectivity index (χ1v) is 10.3. The van der Waals surface area contributed by atoms with E-state index in [1.807, 2.05) is 49.4 Å². The Balaban J connectivity index is 1.36. The van der Waals surface area contributed by atoms with Gasteiger partial charge in [0.15, 0.2) is 0 Å². The lowest BCUT2D eigenvalue weighted by atomic mass is 10.2. The third kappa shape index (κ3) is 4.82. The molecule has 0 aliphatic carbocycles. The number of nitrogens with zero attached hydrogens (tertiary/aromatic N) is 3. The maximum Gasteiger partial charge on any atom is 0.226 e. The number of oxazole rings is 1. The minimum absolute atomic E-state index is 0.715. The van der Waals surface area contributed by atoms with Gasteiger partial charge in [0.2, 0.25) is 5.89 Å². The summed E-state index contributed by atoms with van der Waals surface area (Å²) in [5, 5.41) is 0.795. The smallest absolute Gasteiger partial charge is 0.226 e. The molecule has 1 aromatic heterocycles. The molecule has 4 nitrogen and oxygen atoms in total. The summed E-state index contributed by atoms with van der Waals surface area (Å²) in [6, 6.07) is 18.3. The Morgan fingerprint density at radius 2 is 1.57 bits per heavy atom. The zero-order chi connectivity index (χ0) is 19.3. The zero-order valence-electron chi connectivity index (χ0n) is 16.3. The summed E-state index contributed by atoms with van der Waals surface area (Å²) in [7, 11) is 0. The molecule has 2 heterocycles. The molecule has 3 aromatic rings. The van der Waals surface area contributed by atoms with Crippen LogP contribution in [0.25, 0.3) is 11.5 Å². The standard InChI is InChI=1S/C23H26ClN3O/c1-18-22(25-23(28-18)20-6-3-2-4-7-20)17-27-13-5-12-26(14-15-27)16-19-8-10-21(24)11-9-19/h2-4,6-11H,5,12-17H2,1H3. The molecule has 0 N–H and O–H groups in total. The number of rotatable bonds is 5. The van der Waals surface area contributed by atoms with E-state index >= 15 is 0 Å². The quantitative estimate of drug-likeness (QED) is 0.607. The van der Waals surface area contributed by atoms with Crippen LogP contribution in [0.4, 0.5) is 0 Å². The van der Waals surface area contributed by atoms with Crippen molar-refractivity contribution >= 4 is 11.6 Å². The Hall–Kier alpha value is -2.14. The van der Waals surface area contributed by atoms with Crippen molar-refractivity contribution in [2.45, 2.75) is 26.4 Å². The number of benzene rings is 2. The zero-order valence-corrected chi connectivity index (χ0v) is 17.0. The van der Waals surface area contributed by atoms with E-state index in [0.717, 1.165) is 67.7 Å². The van der Waals surface area contributed by atoms with Crippen LogP contribution < -0.4 is 0 Å². The van der Waals surface area contributed by atoms with E-state index in [4.69, 9.17) is 21.0 Å². The molecular weight excluding hydrogens is 370 g/mol. The molecule has 1 fully saturated rings. The van der Waals surface area contributed by atoms with Crippen molar-refractivity contribution in [1.29, 1.82) is 0 Å². The molecule has 5 heteroatoms. The topological polar surface area (TPSA) is 32.5 Å². The molecule has 1 saturated heterocycles. The van der Waals surface area contributed by atoms with Gasteiger partial charge in [-0.15, -0.1) is 0 Å². The highest BCUT2D eigenvalue weighted by atomic mass is 35.5. The van der Waals surface area contributed by atoms with Crippen LogP contribution >= 0.6 is 11.6 Å². The van der Waals surface area contributed by atoms with Gasteiger partial charge in [-0.3, -0.25) is 9.80 Å². The third-order valence-corrected chi connectivity index (χ3v) is 5.54. The third-order valence-electron chi connectivity index (χ3n) is 5.29. The van der Waals surface area contributed by atoms with E-state index in [2.05, 4.69) is 21.9 Å². The van der Waals surface area contributed by atoms with Gasteiger partial charge >= 0.3 is 0 Å². The van der Waals surface area contributed by atoms with E-state index in [1.54, 1.807) is 0 Å². The molecule has 1 aliphatic rings. The highest BCUT2D eigenvalue weighted by Crippen LogP contribution is 2.22. The average molecular weight is 396 g/mol. The molecule has 0 saturated carbocycles. The number of hydrogen-bond donors (Lipinski definition) is 0. The molecule has 2 aromatic carbocycles. The normalized spacial score (nSPS) is 16.2. The number of halogens is 1. The van der Waals surface area contributed by atoms with Gasteiger partial charge in [0.05, 0.1) is 5.69 Å². The minimum atomic E-state index is 0.715. The van der Waals surface area contributed by atoms with Gasteiger partial charge in [0.1, 0.15) is 5.76 Å². The van der Waals surface area contributed by atoms with Gasteiger partial charge in [-0.2, -0.15) is 0 Å². The number of aromatic nitrogens is 1. The summed E-state index contributed by atoms with van der Waals surface area (Å²) in [6.07, 6.45) is 1.16. The first kappa shape index (κ1) is 19.2. The fraction of sp³-hybridized carbons (Fsp3) is 0.348. The highest BCUT2D eigenvalue weighted by Gasteiger charge is 2.18. The SMILES string of the molecule is Cc1oc(-c2ccccc2)nc1CN1CCCN(Cc2ccc(Cl)cc2)CC1. The maximum absolute atomic E-state index is 6.00. The van der Waals surface area contributed by atoms with Crippen LogP contribution in [-0.4, -0.2) is 41.0 Å². The first-order valence-electron chi connectivity index (χ1n) is 9.88. The van der Waals surface area contributed by atoms with Crippen LogP contribution in [0.5, 0.6) is 0 Å². The molecule has 28 heavy (non-hydrogen) atoms. The summed E-state index contributed by atoms with van der Waals surface area (Å²) < 4.78 is 5.92. The number of aryl methyl sites for hydroxylation is 1. The fourth-order valence-corrected chi connectivity index (χ4v) is 3.81. The second kappa shape index (κ2) is 8.91. The lowest BCUT2D eigenvalue weighted by molar-refractivity contribution is 0.245. The van der Waals surface area contributed by atoms with Crippen molar-refractivity contribution < 1.29 is 4.42 Å². The Labute approximate surface area is 171 Å². The number of hydrogen-bond acceptors (Lipinski definition) is 4. The van der Waals surface area contributed by atoms with E-state index < -0.39 is 0 Å². The Kier molecular flexibility index (Phi) is 6.10. The molecule has 0 atom stereocenters. The summed E-state index contributed by atoms with van der Waals surface area (Å²) in [6.45, 7) is 8.14. The lowest BCUT2D eigenvalue weighted by Gasteiger charge is -2.21. The largest absolute Gasteiger partial charge is 0.441 e. The predicted molar refractivity (Wildman–Crippen MR) is 113 cm³/mol. The van der Waals surface area contributed by atoms with Gasteiger partial charge in [-0.05, 0) is 56.3 Å². The minimum Gasteiger partial charge on any atom is -0.441 e. The highest BCUT2D eigenvalue weighted by molar-refractivity contribution is 6.30. The lowest BCUT2D eigenvalue weighted by Crippen LogP contribution is -2.30. The second-order valence-corrected chi connectivity index (χ2v) is 7.86. The van der Waals surface area contributed by atoms with Crippen molar-refractivity contribution in [1.82, 2.24) is 14.8 Å². The molecule has 1 aliphatic heterocycles. The van der Waals surface area contributed by atoms with Crippen molar-refractivity contribution in [3.05, 3.63) is 76.6 Å². The molecule has 0 amide bonds. The van der Waals surface area contributed by atoms with Crippen LogP contribution in [0, 0.1) is 6.92 Å². The molecule has 0 unspecified atom stereocenters. The van der Waals surface area contributed by atoms with E-state index in [1.165, 1.54) is 5.56 Å². The molecular formula is C23H26ClN3O. The van der Waals surface area contributed by atoms with Crippen molar-refractivity contribution in [2.24, 2.45) is 0 Å². The Morgan fingerprint density at radius 1 is 0.893 bits per heavy atom. The average Bonchev–Trinajstić information content (AvgIpc) is 2.93. The van der Waals surface area contributed by atoms with Crippen molar-refractivity contribution in [2.75, 3.05) is 26.2 Å². The summed E-state index contributed by atoms with van der Waals surface area (Å²) in [4.78, 5) is 9.78. The summed E-state index contributed by atoms with van der Waals surface area (Å²) in [5.74, 6) is 1.63. The van der Waals surface area contributed by atoms with E-state index in [9.17, 15) is 0 Å². The van der Waals surface area contributed by atoms with E-state index in [-0.39, 0.29) is 0 Å². The first-order chi connectivity index (χ1) is 13.7. The Morgan fingerprint density at radius 3 is 2.29 bits per heavy atom. The molecule has 0 spiro atoms. The van der Waals surface area contributed by atoms with Crippen molar-refractivity contribution in [3.63, 3.8) is 0 Å².